The third-order valence-electron chi connectivity index (χ3n) is 4.17. The van der Waals surface area contributed by atoms with E-state index >= 15 is 0 Å². The number of carbonyl (C=O) groups is 1. The highest BCUT2D eigenvalue weighted by atomic mass is 16.2. The van der Waals surface area contributed by atoms with Crippen molar-refractivity contribution >= 4 is 5.91 Å². The van der Waals surface area contributed by atoms with E-state index in [1.54, 1.807) is 0 Å². The molecule has 0 saturated carbocycles. The number of nitrogens with zero attached hydrogens (tertiary/aromatic N) is 4. The van der Waals surface area contributed by atoms with Crippen LogP contribution in [0.15, 0.2) is 12.3 Å². The van der Waals surface area contributed by atoms with Crippen molar-refractivity contribution < 1.29 is 4.79 Å². The number of piperazine rings is 1. The van der Waals surface area contributed by atoms with Crippen LogP contribution < -0.4 is 0 Å². The molecule has 20 heavy (non-hydrogen) atoms. The molecule has 1 fully saturated rings. The Hall–Kier alpha value is -1.36. The molecule has 1 aromatic rings. The predicted molar refractivity (Wildman–Crippen MR) is 79.8 cm³/mol. The van der Waals surface area contributed by atoms with Crippen LogP contribution in [0.4, 0.5) is 0 Å². The van der Waals surface area contributed by atoms with E-state index in [0.717, 1.165) is 32.6 Å². The lowest BCUT2D eigenvalue weighted by Gasteiger charge is -2.37. The van der Waals surface area contributed by atoms with Gasteiger partial charge in [0.1, 0.15) is 5.69 Å². The molecule has 0 N–H and O–H groups in total. The molecule has 1 atom stereocenters. The maximum atomic E-state index is 12.4. The first-order valence-corrected chi connectivity index (χ1v) is 7.61. The average molecular weight is 278 g/mol. The molecule has 1 amide bonds. The number of hydrogen-bond acceptors (Lipinski definition) is 3. The van der Waals surface area contributed by atoms with Crippen molar-refractivity contribution in [3.63, 3.8) is 0 Å². The largest absolute Gasteiger partial charge is 0.335 e. The fraction of sp³-hybridized carbons (Fsp3) is 0.733. The maximum Gasteiger partial charge on any atom is 0.274 e. The first-order valence-electron chi connectivity index (χ1n) is 7.61. The quantitative estimate of drug-likeness (QED) is 0.846. The molecular formula is C15H26N4O. The van der Waals surface area contributed by atoms with Gasteiger partial charge < -0.3 is 4.90 Å². The molecule has 1 aliphatic rings. The van der Waals surface area contributed by atoms with Crippen molar-refractivity contribution in [2.75, 3.05) is 26.2 Å². The Kier molecular flexibility index (Phi) is 4.81. The molecule has 0 radical (unpaired) electrons. The lowest BCUT2D eigenvalue weighted by molar-refractivity contribution is 0.0573. The highest BCUT2D eigenvalue weighted by Crippen LogP contribution is 2.12. The first-order chi connectivity index (χ1) is 9.52. The summed E-state index contributed by atoms with van der Waals surface area (Å²) in [5.74, 6) is 0.0631. The second kappa shape index (κ2) is 6.39. The van der Waals surface area contributed by atoms with Gasteiger partial charge in [-0.15, -0.1) is 0 Å². The summed E-state index contributed by atoms with van der Waals surface area (Å²) in [4.78, 5) is 16.8. The Morgan fingerprint density at radius 3 is 2.40 bits per heavy atom. The van der Waals surface area contributed by atoms with Crippen LogP contribution in [0, 0.1) is 0 Å². The highest BCUT2D eigenvalue weighted by Gasteiger charge is 2.25. The van der Waals surface area contributed by atoms with Gasteiger partial charge in [0.15, 0.2) is 0 Å². The number of amides is 1. The minimum atomic E-state index is 0.0631. The van der Waals surface area contributed by atoms with Crippen molar-refractivity contribution in [2.24, 2.45) is 0 Å². The molecule has 1 aromatic heterocycles. The third kappa shape index (κ3) is 3.20. The molecule has 0 bridgehead atoms. The standard InChI is InChI=1S/C15H26N4O/c1-5-13(4)17-8-10-18(11-9-17)15(20)14-6-7-19(16-14)12(2)3/h6-7,12-13H,5,8-11H2,1-4H3. The van der Waals surface area contributed by atoms with Crippen molar-refractivity contribution in [2.45, 2.75) is 46.2 Å². The number of aromatic nitrogens is 2. The molecule has 1 unspecified atom stereocenters. The molecule has 0 spiro atoms. The molecule has 112 valence electrons. The Morgan fingerprint density at radius 1 is 1.25 bits per heavy atom. The van der Waals surface area contributed by atoms with Gasteiger partial charge in [-0.2, -0.15) is 5.10 Å². The topological polar surface area (TPSA) is 41.4 Å². The Labute approximate surface area is 121 Å². The van der Waals surface area contributed by atoms with Crippen molar-refractivity contribution in [3.8, 4) is 0 Å². The first kappa shape index (κ1) is 15.0. The molecule has 5 heteroatoms. The van der Waals surface area contributed by atoms with E-state index in [4.69, 9.17) is 0 Å². The Bertz CT molecular complexity index is 446. The fourth-order valence-corrected chi connectivity index (χ4v) is 2.53. The summed E-state index contributed by atoms with van der Waals surface area (Å²) in [7, 11) is 0. The maximum absolute atomic E-state index is 12.4. The van der Waals surface area contributed by atoms with Crippen LogP contribution in [-0.4, -0.2) is 57.7 Å². The summed E-state index contributed by atoms with van der Waals surface area (Å²) >= 11 is 0. The second-order valence-corrected chi connectivity index (χ2v) is 5.86. The lowest BCUT2D eigenvalue weighted by Crippen LogP contribution is -2.51. The zero-order valence-electron chi connectivity index (χ0n) is 13.0. The van der Waals surface area contributed by atoms with E-state index in [1.807, 2.05) is 21.8 Å². The smallest absolute Gasteiger partial charge is 0.274 e. The van der Waals surface area contributed by atoms with E-state index in [2.05, 4.69) is 37.7 Å². The van der Waals surface area contributed by atoms with Crippen LogP contribution in [-0.2, 0) is 0 Å². The van der Waals surface area contributed by atoms with Gasteiger partial charge in [0.25, 0.3) is 5.91 Å². The molecule has 5 nitrogen and oxygen atoms in total. The van der Waals surface area contributed by atoms with E-state index in [1.165, 1.54) is 0 Å². The van der Waals surface area contributed by atoms with Crippen LogP contribution in [0.2, 0.25) is 0 Å². The zero-order chi connectivity index (χ0) is 14.7. The minimum Gasteiger partial charge on any atom is -0.335 e. The average Bonchev–Trinajstić information content (AvgIpc) is 2.96. The van der Waals surface area contributed by atoms with E-state index in [-0.39, 0.29) is 5.91 Å². The second-order valence-electron chi connectivity index (χ2n) is 5.86. The zero-order valence-corrected chi connectivity index (χ0v) is 13.0. The molecule has 1 saturated heterocycles. The van der Waals surface area contributed by atoms with Crippen LogP contribution in [0.3, 0.4) is 0 Å². The van der Waals surface area contributed by atoms with Gasteiger partial charge in [-0.1, -0.05) is 6.92 Å². The van der Waals surface area contributed by atoms with Gasteiger partial charge in [-0.05, 0) is 33.3 Å². The van der Waals surface area contributed by atoms with Gasteiger partial charge in [0, 0.05) is 44.5 Å². The Morgan fingerprint density at radius 2 is 1.90 bits per heavy atom. The van der Waals surface area contributed by atoms with Gasteiger partial charge >= 0.3 is 0 Å². The third-order valence-corrected chi connectivity index (χ3v) is 4.17. The summed E-state index contributed by atoms with van der Waals surface area (Å²) in [5.41, 5.74) is 0.565. The minimum absolute atomic E-state index is 0.0631. The summed E-state index contributed by atoms with van der Waals surface area (Å²) in [5, 5.41) is 4.37. The van der Waals surface area contributed by atoms with Gasteiger partial charge in [-0.3, -0.25) is 14.4 Å². The molecule has 2 rings (SSSR count). The predicted octanol–water partition coefficient (Wildman–Crippen LogP) is 2.02. The summed E-state index contributed by atoms with van der Waals surface area (Å²) in [6.45, 7) is 12.1. The van der Waals surface area contributed by atoms with Gasteiger partial charge in [0.2, 0.25) is 0 Å². The molecule has 0 aromatic carbocycles. The number of hydrogen-bond donors (Lipinski definition) is 0. The van der Waals surface area contributed by atoms with Crippen molar-refractivity contribution in [1.29, 1.82) is 0 Å². The van der Waals surface area contributed by atoms with E-state index < -0.39 is 0 Å². The summed E-state index contributed by atoms with van der Waals surface area (Å²) < 4.78 is 1.84. The van der Waals surface area contributed by atoms with Crippen LogP contribution >= 0.6 is 0 Å². The summed E-state index contributed by atoms with van der Waals surface area (Å²) in [6, 6.07) is 2.72. The van der Waals surface area contributed by atoms with Gasteiger partial charge in [-0.25, -0.2) is 0 Å². The molecule has 2 heterocycles. The van der Waals surface area contributed by atoms with E-state index in [9.17, 15) is 4.79 Å². The van der Waals surface area contributed by atoms with Crippen LogP contribution in [0.25, 0.3) is 0 Å². The van der Waals surface area contributed by atoms with Crippen LogP contribution in [0.5, 0.6) is 0 Å². The molecule has 1 aliphatic heterocycles. The number of carbonyl (C=O) groups excluding carboxylic acids is 1. The fourth-order valence-electron chi connectivity index (χ4n) is 2.53. The van der Waals surface area contributed by atoms with Gasteiger partial charge in [0.05, 0.1) is 0 Å². The monoisotopic (exact) mass is 278 g/mol. The normalized spacial score (nSPS) is 18.6. The lowest BCUT2D eigenvalue weighted by atomic mass is 10.2. The SMILES string of the molecule is CCC(C)N1CCN(C(=O)c2ccn(C(C)C)n2)CC1. The van der Waals surface area contributed by atoms with Crippen LogP contribution in [0.1, 0.15) is 50.6 Å². The highest BCUT2D eigenvalue weighted by molar-refractivity contribution is 5.92. The Balaban J connectivity index is 1.94. The molecule has 0 aliphatic carbocycles. The van der Waals surface area contributed by atoms with E-state index in [0.29, 0.717) is 17.8 Å². The number of rotatable bonds is 4. The summed E-state index contributed by atoms with van der Waals surface area (Å²) in [6.07, 6.45) is 3.04. The van der Waals surface area contributed by atoms with Crippen molar-refractivity contribution in [1.82, 2.24) is 19.6 Å². The molecular weight excluding hydrogens is 252 g/mol. The van der Waals surface area contributed by atoms with Crippen molar-refractivity contribution in [3.05, 3.63) is 18.0 Å².